The highest BCUT2D eigenvalue weighted by Gasteiger charge is 2.27. The van der Waals surface area contributed by atoms with Crippen LogP contribution >= 0.6 is 0 Å². The van der Waals surface area contributed by atoms with Gasteiger partial charge in [0.15, 0.2) is 0 Å². The first-order valence-electron chi connectivity index (χ1n) is 7.12. The van der Waals surface area contributed by atoms with Gasteiger partial charge in [0.05, 0.1) is 11.6 Å². The van der Waals surface area contributed by atoms with Crippen molar-refractivity contribution in [2.45, 2.75) is 12.6 Å². The zero-order valence-electron chi connectivity index (χ0n) is 11.5. The normalized spacial score (nSPS) is 21.4. The van der Waals surface area contributed by atoms with E-state index in [1.54, 1.807) is 6.07 Å². The molecule has 3 rings (SSSR count). The van der Waals surface area contributed by atoms with Crippen LogP contribution in [0.15, 0.2) is 18.2 Å². The summed E-state index contributed by atoms with van der Waals surface area (Å²) in [6.07, 6.45) is 0. The minimum absolute atomic E-state index is 0.340. The van der Waals surface area contributed by atoms with Crippen molar-refractivity contribution in [2.24, 2.45) is 0 Å². The lowest BCUT2D eigenvalue weighted by Gasteiger charge is -2.43. The largest absolute Gasteiger partial charge is 0.314 e. The number of hydrogen-bond acceptors (Lipinski definition) is 4. The van der Waals surface area contributed by atoms with Crippen LogP contribution < -0.4 is 5.32 Å². The molecule has 0 unspecified atom stereocenters. The van der Waals surface area contributed by atoms with E-state index in [1.165, 1.54) is 12.1 Å². The molecule has 0 saturated carbocycles. The average molecular weight is 274 g/mol. The third kappa shape index (κ3) is 2.83. The van der Waals surface area contributed by atoms with Gasteiger partial charge in [-0.05, 0) is 17.7 Å². The van der Waals surface area contributed by atoms with Crippen molar-refractivity contribution >= 4 is 0 Å². The molecule has 4 nitrogen and oxygen atoms in total. The minimum Gasteiger partial charge on any atom is -0.314 e. The Morgan fingerprint density at radius 3 is 2.60 bits per heavy atom. The highest BCUT2D eigenvalue weighted by Crippen LogP contribution is 2.16. The van der Waals surface area contributed by atoms with Gasteiger partial charge in [-0.3, -0.25) is 9.80 Å². The lowest BCUT2D eigenvalue weighted by molar-refractivity contribution is 0.0695. The van der Waals surface area contributed by atoms with Crippen LogP contribution in [-0.2, 0) is 6.54 Å². The maximum Gasteiger partial charge on any atom is 0.124 e. The van der Waals surface area contributed by atoms with Crippen LogP contribution in [0.1, 0.15) is 11.1 Å². The van der Waals surface area contributed by atoms with E-state index in [0.29, 0.717) is 11.6 Å². The van der Waals surface area contributed by atoms with Gasteiger partial charge in [-0.15, -0.1) is 0 Å². The summed E-state index contributed by atoms with van der Waals surface area (Å²) < 4.78 is 13.1. The zero-order chi connectivity index (χ0) is 13.9. The molecule has 0 spiro atoms. The number of piperazine rings is 1. The van der Waals surface area contributed by atoms with Gasteiger partial charge in [0.2, 0.25) is 0 Å². The van der Waals surface area contributed by atoms with Crippen molar-refractivity contribution in [3.63, 3.8) is 0 Å². The Balaban J connectivity index is 1.58. The fourth-order valence-electron chi connectivity index (χ4n) is 2.85. The first-order chi connectivity index (χ1) is 9.76. The summed E-state index contributed by atoms with van der Waals surface area (Å²) in [5.74, 6) is -0.340. The number of hydrogen-bond donors (Lipinski definition) is 1. The first kappa shape index (κ1) is 13.5. The zero-order valence-corrected chi connectivity index (χ0v) is 11.5. The Hall–Kier alpha value is -1.48. The number of nitriles is 1. The van der Waals surface area contributed by atoms with Gasteiger partial charge in [-0.25, -0.2) is 4.39 Å². The molecule has 106 valence electrons. The smallest absolute Gasteiger partial charge is 0.124 e. The standard InChI is InChI=1S/C15H19FN4/c16-14-2-1-12(13(7-14)8-17)11-19-3-5-20(6-4-19)15-9-18-10-15/h1-2,7,15,18H,3-6,9-11H2. The third-order valence-electron chi connectivity index (χ3n) is 4.27. The van der Waals surface area contributed by atoms with Crippen molar-refractivity contribution < 1.29 is 4.39 Å². The molecule has 0 atom stereocenters. The van der Waals surface area contributed by atoms with Crippen molar-refractivity contribution in [3.8, 4) is 6.07 Å². The second kappa shape index (κ2) is 5.88. The third-order valence-corrected chi connectivity index (χ3v) is 4.27. The van der Waals surface area contributed by atoms with Gasteiger partial charge >= 0.3 is 0 Å². The molecule has 2 fully saturated rings. The molecule has 2 saturated heterocycles. The van der Waals surface area contributed by atoms with Crippen molar-refractivity contribution in [1.82, 2.24) is 15.1 Å². The number of rotatable bonds is 3. The van der Waals surface area contributed by atoms with Crippen molar-refractivity contribution in [3.05, 3.63) is 35.1 Å². The molecule has 2 aliphatic rings. The number of nitrogens with one attached hydrogen (secondary N) is 1. The van der Waals surface area contributed by atoms with Crippen LogP contribution in [0.3, 0.4) is 0 Å². The van der Waals surface area contributed by atoms with Gasteiger partial charge in [-0.1, -0.05) is 6.07 Å². The summed E-state index contributed by atoms with van der Waals surface area (Å²) in [4.78, 5) is 4.87. The average Bonchev–Trinajstić information content (AvgIpc) is 2.41. The molecule has 2 aliphatic heterocycles. The van der Waals surface area contributed by atoms with Gasteiger partial charge in [0.25, 0.3) is 0 Å². The van der Waals surface area contributed by atoms with Gasteiger partial charge < -0.3 is 5.32 Å². The molecular formula is C15H19FN4. The second-order valence-corrected chi connectivity index (χ2v) is 5.54. The Bertz CT molecular complexity index is 513. The Kier molecular flexibility index (Phi) is 3.97. The summed E-state index contributed by atoms with van der Waals surface area (Å²) >= 11 is 0. The summed E-state index contributed by atoms with van der Waals surface area (Å²) in [6.45, 7) is 7.13. The predicted molar refractivity (Wildman–Crippen MR) is 74.6 cm³/mol. The highest BCUT2D eigenvalue weighted by atomic mass is 19.1. The molecule has 0 aromatic heterocycles. The summed E-state index contributed by atoms with van der Waals surface area (Å²) in [7, 11) is 0. The SMILES string of the molecule is N#Cc1cc(F)ccc1CN1CCN(C2CNC2)CC1. The van der Waals surface area contributed by atoms with E-state index in [4.69, 9.17) is 5.26 Å². The topological polar surface area (TPSA) is 42.3 Å². The maximum atomic E-state index is 13.1. The number of benzene rings is 1. The number of halogens is 1. The van der Waals surface area contributed by atoms with E-state index in [2.05, 4.69) is 21.2 Å². The van der Waals surface area contributed by atoms with Crippen LogP contribution in [0.25, 0.3) is 0 Å². The monoisotopic (exact) mass is 274 g/mol. The summed E-state index contributed by atoms with van der Waals surface area (Å²) in [5, 5.41) is 12.4. The molecule has 1 N–H and O–H groups in total. The number of nitrogens with zero attached hydrogens (tertiary/aromatic N) is 3. The molecule has 2 heterocycles. The van der Waals surface area contributed by atoms with Gasteiger partial charge in [0.1, 0.15) is 5.82 Å². The van der Waals surface area contributed by atoms with Crippen molar-refractivity contribution in [2.75, 3.05) is 39.3 Å². The van der Waals surface area contributed by atoms with Crippen LogP contribution in [0.2, 0.25) is 0 Å². The summed E-state index contributed by atoms with van der Waals surface area (Å²) in [6, 6.07) is 7.29. The van der Waals surface area contributed by atoms with E-state index >= 15 is 0 Å². The Morgan fingerprint density at radius 2 is 2.00 bits per heavy atom. The summed E-state index contributed by atoms with van der Waals surface area (Å²) in [5.41, 5.74) is 1.38. The predicted octanol–water partition coefficient (Wildman–Crippen LogP) is 0.787. The van der Waals surface area contributed by atoms with Crippen LogP contribution in [0, 0.1) is 17.1 Å². The lowest BCUT2D eigenvalue weighted by Crippen LogP contribution is -2.61. The molecule has 0 radical (unpaired) electrons. The molecule has 0 aliphatic carbocycles. The molecular weight excluding hydrogens is 255 g/mol. The molecule has 1 aromatic carbocycles. The van der Waals surface area contributed by atoms with Crippen LogP contribution in [-0.4, -0.2) is 55.1 Å². The van der Waals surface area contributed by atoms with E-state index in [-0.39, 0.29) is 5.82 Å². The Labute approximate surface area is 118 Å². The van der Waals surface area contributed by atoms with Crippen molar-refractivity contribution in [1.29, 1.82) is 5.26 Å². The molecule has 20 heavy (non-hydrogen) atoms. The fraction of sp³-hybridized carbons (Fsp3) is 0.533. The maximum absolute atomic E-state index is 13.1. The van der Waals surface area contributed by atoms with E-state index in [9.17, 15) is 4.39 Å². The van der Waals surface area contributed by atoms with E-state index in [0.717, 1.165) is 51.4 Å². The van der Waals surface area contributed by atoms with E-state index in [1.807, 2.05) is 0 Å². The van der Waals surface area contributed by atoms with Gasteiger partial charge in [-0.2, -0.15) is 5.26 Å². The molecule has 5 heteroatoms. The fourth-order valence-corrected chi connectivity index (χ4v) is 2.85. The Morgan fingerprint density at radius 1 is 1.25 bits per heavy atom. The van der Waals surface area contributed by atoms with Crippen LogP contribution in [0.5, 0.6) is 0 Å². The molecule has 1 aromatic rings. The van der Waals surface area contributed by atoms with Gasteiger partial charge in [0, 0.05) is 51.9 Å². The molecule has 0 amide bonds. The minimum atomic E-state index is -0.340. The quantitative estimate of drug-likeness (QED) is 0.885. The molecule has 0 bridgehead atoms. The lowest BCUT2D eigenvalue weighted by atomic mass is 10.1. The second-order valence-electron chi connectivity index (χ2n) is 5.54. The van der Waals surface area contributed by atoms with Crippen LogP contribution in [0.4, 0.5) is 4.39 Å². The first-order valence-corrected chi connectivity index (χ1v) is 7.12. The van der Waals surface area contributed by atoms with E-state index < -0.39 is 0 Å². The highest BCUT2D eigenvalue weighted by molar-refractivity contribution is 5.37.